The molecular formula is C13H13N5O. The summed E-state index contributed by atoms with van der Waals surface area (Å²) in [4.78, 5) is 4.31. The van der Waals surface area contributed by atoms with Gasteiger partial charge in [-0.3, -0.25) is 5.10 Å². The highest BCUT2D eigenvalue weighted by Crippen LogP contribution is 2.21. The molecule has 0 aliphatic carbocycles. The van der Waals surface area contributed by atoms with Crippen LogP contribution in [-0.2, 0) is 6.42 Å². The highest BCUT2D eigenvalue weighted by Gasteiger charge is 2.14. The third kappa shape index (κ3) is 2.37. The average molecular weight is 255 g/mol. The Labute approximate surface area is 109 Å². The van der Waals surface area contributed by atoms with Gasteiger partial charge >= 0.3 is 0 Å². The van der Waals surface area contributed by atoms with Crippen molar-refractivity contribution in [1.82, 2.24) is 25.4 Å². The van der Waals surface area contributed by atoms with Crippen LogP contribution in [0.4, 0.5) is 0 Å². The van der Waals surface area contributed by atoms with Crippen LogP contribution < -0.4 is 0 Å². The molecule has 0 aliphatic heterocycles. The van der Waals surface area contributed by atoms with E-state index in [-0.39, 0.29) is 0 Å². The second-order valence-corrected chi connectivity index (χ2v) is 4.13. The number of aromatic amines is 1. The van der Waals surface area contributed by atoms with Gasteiger partial charge in [-0.15, -0.1) is 15.3 Å². The van der Waals surface area contributed by atoms with Gasteiger partial charge < -0.3 is 4.42 Å². The van der Waals surface area contributed by atoms with Gasteiger partial charge in [0.15, 0.2) is 0 Å². The number of nitrogens with zero attached hydrogens (tertiary/aromatic N) is 4. The monoisotopic (exact) mass is 255 g/mol. The van der Waals surface area contributed by atoms with Crippen LogP contribution >= 0.6 is 0 Å². The van der Waals surface area contributed by atoms with Crippen LogP contribution in [0.25, 0.3) is 23.2 Å². The van der Waals surface area contributed by atoms with Crippen molar-refractivity contribution in [2.24, 2.45) is 0 Å². The molecule has 0 spiro atoms. The Morgan fingerprint density at radius 3 is 2.68 bits per heavy atom. The second-order valence-electron chi connectivity index (χ2n) is 4.13. The van der Waals surface area contributed by atoms with E-state index in [9.17, 15) is 0 Å². The number of hydrogen-bond donors (Lipinski definition) is 1. The van der Waals surface area contributed by atoms with Gasteiger partial charge in [-0.2, -0.15) is 0 Å². The summed E-state index contributed by atoms with van der Waals surface area (Å²) in [6.07, 6.45) is 1.86. The lowest BCUT2D eigenvalue weighted by Gasteiger charge is -1.91. The van der Waals surface area contributed by atoms with E-state index >= 15 is 0 Å². The average Bonchev–Trinajstić information content (AvgIpc) is 3.08. The maximum Gasteiger partial charge on any atom is 0.287 e. The maximum atomic E-state index is 5.58. The molecule has 1 N–H and O–H groups in total. The van der Waals surface area contributed by atoms with E-state index in [1.807, 2.05) is 30.3 Å². The van der Waals surface area contributed by atoms with Crippen LogP contribution in [0.15, 0.2) is 34.7 Å². The second kappa shape index (κ2) is 5.01. The molecule has 0 atom stereocenters. The van der Waals surface area contributed by atoms with Gasteiger partial charge in [-0.1, -0.05) is 25.1 Å². The van der Waals surface area contributed by atoms with Gasteiger partial charge in [0.2, 0.25) is 11.7 Å². The van der Waals surface area contributed by atoms with Crippen LogP contribution in [0.1, 0.15) is 19.2 Å². The Balaban J connectivity index is 1.88. The van der Waals surface area contributed by atoms with Crippen LogP contribution in [0.3, 0.4) is 0 Å². The summed E-state index contributed by atoms with van der Waals surface area (Å²) in [7, 11) is 0. The zero-order valence-corrected chi connectivity index (χ0v) is 10.5. The summed E-state index contributed by atoms with van der Waals surface area (Å²) < 4.78 is 5.58. The molecule has 19 heavy (non-hydrogen) atoms. The summed E-state index contributed by atoms with van der Waals surface area (Å²) in [5, 5.41) is 14.9. The van der Waals surface area contributed by atoms with Crippen molar-refractivity contribution in [3.63, 3.8) is 0 Å². The fourth-order valence-electron chi connectivity index (χ4n) is 1.75. The van der Waals surface area contributed by atoms with Crippen molar-refractivity contribution in [3.8, 4) is 23.2 Å². The molecule has 0 radical (unpaired) electrons. The molecule has 3 aromatic rings. The molecular weight excluding hydrogens is 242 g/mol. The van der Waals surface area contributed by atoms with Crippen molar-refractivity contribution in [1.29, 1.82) is 0 Å². The first-order chi connectivity index (χ1) is 9.36. The van der Waals surface area contributed by atoms with Crippen molar-refractivity contribution in [2.45, 2.75) is 19.8 Å². The zero-order chi connectivity index (χ0) is 13.1. The van der Waals surface area contributed by atoms with Gasteiger partial charge in [0.25, 0.3) is 5.89 Å². The van der Waals surface area contributed by atoms with E-state index in [0.717, 1.165) is 24.2 Å². The molecule has 0 unspecified atom stereocenters. The van der Waals surface area contributed by atoms with Gasteiger partial charge in [0.05, 0.1) is 0 Å². The number of aryl methyl sites for hydroxylation is 1. The predicted octanol–water partition coefficient (Wildman–Crippen LogP) is 2.47. The lowest BCUT2D eigenvalue weighted by molar-refractivity contribution is 0.579. The minimum atomic E-state index is 0.331. The molecule has 0 fully saturated rings. The number of hydrogen-bond acceptors (Lipinski definition) is 5. The molecule has 0 saturated heterocycles. The Bertz CT molecular complexity index is 658. The van der Waals surface area contributed by atoms with Crippen molar-refractivity contribution in [2.75, 3.05) is 0 Å². The maximum absolute atomic E-state index is 5.58. The van der Waals surface area contributed by atoms with Crippen LogP contribution in [0.2, 0.25) is 0 Å². The molecule has 0 amide bonds. The first-order valence-corrected chi connectivity index (χ1v) is 6.17. The summed E-state index contributed by atoms with van der Waals surface area (Å²) >= 11 is 0. The lowest BCUT2D eigenvalue weighted by atomic mass is 10.2. The third-order valence-corrected chi connectivity index (χ3v) is 2.66. The molecule has 0 aliphatic rings. The van der Waals surface area contributed by atoms with Crippen molar-refractivity contribution in [3.05, 3.63) is 36.2 Å². The Kier molecular flexibility index (Phi) is 3.06. The zero-order valence-electron chi connectivity index (χ0n) is 10.5. The molecule has 6 heteroatoms. The Morgan fingerprint density at radius 1 is 1.11 bits per heavy atom. The topological polar surface area (TPSA) is 80.5 Å². The fourth-order valence-corrected chi connectivity index (χ4v) is 1.75. The first kappa shape index (κ1) is 11.6. The van der Waals surface area contributed by atoms with Crippen LogP contribution in [-0.4, -0.2) is 25.4 Å². The van der Waals surface area contributed by atoms with Gasteiger partial charge in [0, 0.05) is 12.0 Å². The molecule has 2 aromatic heterocycles. The smallest absolute Gasteiger partial charge is 0.287 e. The highest BCUT2D eigenvalue weighted by atomic mass is 16.4. The van der Waals surface area contributed by atoms with Crippen molar-refractivity contribution < 1.29 is 4.42 Å². The lowest BCUT2D eigenvalue weighted by Crippen LogP contribution is -1.85. The summed E-state index contributed by atoms with van der Waals surface area (Å²) in [6.45, 7) is 2.09. The number of nitrogens with one attached hydrogen (secondary N) is 1. The summed E-state index contributed by atoms with van der Waals surface area (Å²) in [5.41, 5.74) is 0.880. The van der Waals surface area contributed by atoms with E-state index in [2.05, 4.69) is 32.3 Å². The van der Waals surface area contributed by atoms with E-state index in [1.165, 1.54) is 0 Å². The quantitative estimate of drug-likeness (QED) is 0.774. The number of benzene rings is 1. The summed E-state index contributed by atoms with van der Waals surface area (Å²) in [5.74, 6) is 2.07. The molecule has 6 nitrogen and oxygen atoms in total. The van der Waals surface area contributed by atoms with E-state index in [4.69, 9.17) is 4.42 Å². The van der Waals surface area contributed by atoms with E-state index in [0.29, 0.717) is 17.6 Å². The summed E-state index contributed by atoms with van der Waals surface area (Å²) in [6, 6.07) is 9.61. The van der Waals surface area contributed by atoms with E-state index in [1.54, 1.807) is 0 Å². The van der Waals surface area contributed by atoms with Gasteiger partial charge in [-0.05, 0) is 18.6 Å². The number of aromatic nitrogens is 5. The van der Waals surface area contributed by atoms with Crippen molar-refractivity contribution >= 4 is 0 Å². The molecule has 96 valence electrons. The van der Waals surface area contributed by atoms with Crippen LogP contribution in [0, 0.1) is 0 Å². The van der Waals surface area contributed by atoms with Gasteiger partial charge in [-0.25, -0.2) is 4.98 Å². The largest absolute Gasteiger partial charge is 0.413 e. The normalized spacial score (nSPS) is 10.8. The Hall–Kier alpha value is -2.50. The van der Waals surface area contributed by atoms with Gasteiger partial charge in [0.1, 0.15) is 5.82 Å². The third-order valence-electron chi connectivity index (χ3n) is 2.66. The molecule has 1 aromatic carbocycles. The van der Waals surface area contributed by atoms with Crippen LogP contribution in [0.5, 0.6) is 0 Å². The standard InChI is InChI=1S/C13H13N5O/c1-2-6-10-14-11(16-15-10)13-18-17-12(19-13)9-7-4-3-5-8-9/h3-5,7-8H,2,6H2,1H3,(H,14,15,16). The highest BCUT2D eigenvalue weighted by molar-refractivity contribution is 5.54. The molecule has 0 bridgehead atoms. The minimum absolute atomic E-state index is 0.331. The Morgan fingerprint density at radius 2 is 1.89 bits per heavy atom. The number of rotatable bonds is 4. The molecule has 2 heterocycles. The SMILES string of the molecule is CCCc1nc(-c2nnc(-c3ccccc3)o2)n[nH]1. The minimum Gasteiger partial charge on any atom is -0.413 e. The molecule has 0 saturated carbocycles. The fraction of sp³-hybridized carbons (Fsp3) is 0.231. The predicted molar refractivity (Wildman–Crippen MR) is 69.1 cm³/mol. The van der Waals surface area contributed by atoms with E-state index < -0.39 is 0 Å². The molecule has 3 rings (SSSR count). The number of H-pyrrole nitrogens is 1. The first-order valence-electron chi connectivity index (χ1n) is 6.17.